The Morgan fingerprint density at radius 2 is 2.00 bits per heavy atom. The van der Waals surface area contributed by atoms with Gasteiger partial charge in [0.1, 0.15) is 16.5 Å². The predicted octanol–water partition coefficient (Wildman–Crippen LogP) is 4.79. The van der Waals surface area contributed by atoms with Crippen LogP contribution in [0.25, 0.3) is 20.7 Å². The Kier molecular flexibility index (Phi) is 4.90. The van der Waals surface area contributed by atoms with Gasteiger partial charge in [0.05, 0.1) is 11.9 Å². The standard InChI is InChI=1S/C20H18FN3OS2/c1-12-7-8-16(27-12)14-11-26-20-18(14)19(25)22-17(23-20)10-24(2)9-13-5-3-4-6-15(13)21/h3-8,11H,9-10H2,1-2H3,(H,22,23,25). The number of fused-ring (bicyclic) bond motifs is 1. The third kappa shape index (κ3) is 3.71. The van der Waals surface area contributed by atoms with Crippen LogP contribution >= 0.6 is 22.7 Å². The minimum atomic E-state index is -0.226. The zero-order valence-corrected chi connectivity index (χ0v) is 16.6. The van der Waals surface area contributed by atoms with Crippen LogP contribution in [-0.2, 0) is 13.1 Å². The molecule has 0 aliphatic carbocycles. The number of rotatable bonds is 5. The highest BCUT2D eigenvalue weighted by Crippen LogP contribution is 2.35. The molecule has 0 spiro atoms. The summed E-state index contributed by atoms with van der Waals surface area (Å²) in [6.45, 7) is 2.93. The van der Waals surface area contributed by atoms with Crippen molar-refractivity contribution in [3.05, 3.63) is 74.2 Å². The lowest BCUT2D eigenvalue weighted by Crippen LogP contribution is -2.22. The Hall–Kier alpha value is -2.35. The second-order valence-corrected chi connectivity index (χ2v) is 8.66. The van der Waals surface area contributed by atoms with Gasteiger partial charge in [-0.2, -0.15) is 0 Å². The number of thiophene rings is 2. The van der Waals surface area contributed by atoms with E-state index in [0.717, 1.165) is 15.3 Å². The lowest BCUT2D eigenvalue weighted by Gasteiger charge is -2.16. The number of aryl methyl sites for hydroxylation is 1. The molecule has 1 aromatic carbocycles. The van der Waals surface area contributed by atoms with Crippen molar-refractivity contribution in [3.8, 4) is 10.4 Å². The molecule has 0 unspecified atom stereocenters. The zero-order valence-electron chi connectivity index (χ0n) is 15.0. The van der Waals surface area contributed by atoms with E-state index in [4.69, 9.17) is 0 Å². The third-order valence-corrected chi connectivity index (χ3v) is 6.22. The Labute approximate surface area is 163 Å². The molecule has 7 heteroatoms. The van der Waals surface area contributed by atoms with Crippen molar-refractivity contribution in [2.24, 2.45) is 0 Å². The van der Waals surface area contributed by atoms with Crippen LogP contribution in [0, 0.1) is 12.7 Å². The second-order valence-electron chi connectivity index (χ2n) is 6.52. The van der Waals surface area contributed by atoms with Crippen molar-refractivity contribution in [2.45, 2.75) is 20.0 Å². The smallest absolute Gasteiger partial charge is 0.260 e. The molecule has 0 fully saturated rings. The highest BCUT2D eigenvalue weighted by molar-refractivity contribution is 7.19. The van der Waals surface area contributed by atoms with Crippen molar-refractivity contribution in [2.75, 3.05) is 7.05 Å². The van der Waals surface area contributed by atoms with Crippen LogP contribution in [0.1, 0.15) is 16.3 Å². The minimum absolute atomic E-state index is 0.128. The van der Waals surface area contributed by atoms with E-state index in [2.05, 4.69) is 23.0 Å². The average molecular weight is 400 g/mol. The number of benzene rings is 1. The summed E-state index contributed by atoms with van der Waals surface area (Å²) < 4.78 is 13.8. The van der Waals surface area contributed by atoms with Gasteiger partial charge >= 0.3 is 0 Å². The van der Waals surface area contributed by atoms with E-state index >= 15 is 0 Å². The Morgan fingerprint density at radius 1 is 1.19 bits per heavy atom. The number of halogens is 1. The highest BCUT2D eigenvalue weighted by atomic mass is 32.1. The molecule has 4 aromatic rings. The van der Waals surface area contributed by atoms with Crippen molar-refractivity contribution < 1.29 is 4.39 Å². The van der Waals surface area contributed by atoms with Crippen LogP contribution < -0.4 is 5.56 Å². The molecule has 0 aliphatic rings. The van der Waals surface area contributed by atoms with Gasteiger partial charge in [0, 0.05) is 32.8 Å². The molecule has 0 saturated carbocycles. The highest BCUT2D eigenvalue weighted by Gasteiger charge is 2.15. The molecule has 3 heterocycles. The van der Waals surface area contributed by atoms with E-state index in [0.29, 0.717) is 29.9 Å². The summed E-state index contributed by atoms with van der Waals surface area (Å²) in [5.74, 6) is 0.359. The van der Waals surface area contributed by atoms with Gasteiger partial charge in [-0.05, 0) is 32.2 Å². The first-order chi connectivity index (χ1) is 13.0. The molecule has 3 aromatic heterocycles. The number of hydrogen-bond donors (Lipinski definition) is 1. The molecule has 0 saturated heterocycles. The molecule has 138 valence electrons. The molecule has 0 amide bonds. The Morgan fingerprint density at radius 3 is 2.74 bits per heavy atom. The topological polar surface area (TPSA) is 49.0 Å². The van der Waals surface area contributed by atoms with Gasteiger partial charge in [0.15, 0.2) is 0 Å². The largest absolute Gasteiger partial charge is 0.309 e. The molecule has 0 bridgehead atoms. The van der Waals surface area contributed by atoms with Crippen LogP contribution in [-0.4, -0.2) is 21.9 Å². The monoisotopic (exact) mass is 399 g/mol. The molecule has 27 heavy (non-hydrogen) atoms. The number of nitrogens with one attached hydrogen (secondary N) is 1. The van der Waals surface area contributed by atoms with Crippen molar-refractivity contribution in [1.82, 2.24) is 14.9 Å². The van der Waals surface area contributed by atoms with Gasteiger partial charge in [0.25, 0.3) is 5.56 Å². The fourth-order valence-electron chi connectivity index (χ4n) is 3.06. The van der Waals surface area contributed by atoms with Crippen LogP contribution in [0.2, 0.25) is 0 Å². The molecule has 0 atom stereocenters. The minimum Gasteiger partial charge on any atom is -0.309 e. The van der Waals surface area contributed by atoms with E-state index in [1.807, 2.05) is 29.5 Å². The molecule has 1 N–H and O–H groups in total. The maximum Gasteiger partial charge on any atom is 0.260 e. The molecular formula is C20H18FN3OS2. The van der Waals surface area contributed by atoms with Crippen LogP contribution in [0.3, 0.4) is 0 Å². The molecular weight excluding hydrogens is 381 g/mol. The number of hydrogen-bond acceptors (Lipinski definition) is 5. The summed E-state index contributed by atoms with van der Waals surface area (Å²) in [5, 5.41) is 2.63. The zero-order chi connectivity index (χ0) is 19.0. The molecule has 0 radical (unpaired) electrons. The van der Waals surface area contributed by atoms with E-state index in [-0.39, 0.29) is 11.4 Å². The summed E-state index contributed by atoms with van der Waals surface area (Å²) in [6, 6.07) is 10.8. The normalized spacial score (nSPS) is 11.6. The van der Waals surface area contributed by atoms with Crippen LogP contribution in [0.5, 0.6) is 0 Å². The van der Waals surface area contributed by atoms with Crippen LogP contribution in [0.15, 0.2) is 46.6 Å². The van der Waals surface area contributed by atoms with Gasteiger partial charge in [-0.3, -0.25) is 9.69 Å². The average Bonchev–Trinajstić information content (AvgIpc) is 3.23. The van der Waals surface area contributed by atoms with Gasteiger partial charge in [-0.15, -0.1) is 22.7 Å². The van der Waals surface area contributed by atoms with Gasteiger partial charge in [0.2, 0.25) is 0 Å². The number of aromatic amines is 1. The number of H-pyrrole nitrogens is 1. The quantitative estimate of drug-likeness (QED) is 0.525. The first-order valence-electron chi connectivity index (χ1n) is 8.50. The van der Waals surface area contributed by atoms with Crippen molar-refractivity contribution in [1.29, 1.82) is 0 Å². The molecule has 4 rings (SSSR count). The van der Waals surface area contributed by atoms with Crippen molar-refractivity contribution in [3.63, 3.8) is 0 Å². The maximum atomic E-state index is 13.8. The van der Waals surface area contributed by atoms with Crippen molar-refractivity contribution >= 4 is 32.9 Å². The lowest BCUT2D eigenvalue weighted by molar-refractivity contribution is 0.305. The Bertz CT molecular complexity index is 1160. The fraction of sp³-hybridized carbons (Fsp3) is 0.200. The van der Waals surface area contributed by atoms with Gasteiger partial charge in [-0.1, -0.05) is 18.2 Å². The summed E-state index contributed by atoms with van der Waals surface area (Å²) in [7, 11) is 1.88. The summed E-state index contributed by atoms with van der Waals surface area (Å²) >= 11 is 3.15. The van der Waals surface area contributed by atoms with Crippen LogP contribution in [0.4, 0.5) is 4.39 Å². The summed E-state index contributed by atoms with van der Waals surface area (Å²) in [5.41, 5.74) is 1.43. The fourth-order valence-corrected chi connectivity index (χ4v) is 4.98. The summed E-state index contributed by atoms with van der Waals surface area (Å²) in [4.78, 5) is 25.2. The first kappa shape index (κ1) is 18.0. The second kappa shape index (κ2) is 7.34. The number of nitrogens with zero attached hydrogens (tertiary/aromatic N) is 2. The maximum absolute atomic E-state index is 13.8. The van der Waals surface area contributed by atoms with Gasteiger partial charge in [-0.25, -0.2) is 9.37 Å². The first-order valence-corrected chi connectivity index (χ1v) is 10.2. The van der Waals surface area contributed by atoms with E-state index in [9.17, 15) is 9.18 Å². The van der Waals surface area contributed by atoms with Gasteiger partial charge < -0.3 is 4.98 Å². The van der Waals surface area contributed by atoms with E-state index in [1.165, 1.54) is 22.3 Å². The van der Waals surface area contributed by atoms with E-state index < -0.39 is 0 Å². The SMILES string of the molecule is Cc1ccc(-c2csc3nc(CN(C)Cc4ccccc4F)[nH]c(=O)c23)s1. The predicted molar refractivity (Wildman–Crippen MR) is 110 cm³/mol. The van der Waals surface area contributed by atoms with E-state index in [1.54, 1.807) is 23.5 Å². The number of aromatic nitrogens is 2. The molecule has 0 aliphatic heterocycles. The molecule has 4 nitrogen and oxygen atoms in total. The Balaban J connectivity index is 1.60. The summed E-state index contributed by atoms with van der Waals surface area (Å²) in [6.07, 6.45) is 0. The lowest BCUT2D eigenvalue weighted by atomic mass is 10.2. The third-order valence-electron chi connectivity index (χ3n) is 4.32.